The maximum atomic E-state index is 6.34. The Labute approximate surface area is 120 Å². The zero-order valence-corrected chi connectivity index (χ0v) is 12.7. The van der Waals surface area contributed by atoms with Gasteiger partial charge in [-0.2, -0.15) is 5.10 Å². The van der Waals surface area contributed by atoms with Gasteiger partial charge >= 0.3 is 0 Å². The van der Waals surface area contributed by atoms with E-state index in [0.717, 1.165) is 35.5 Å². The highest BCUT2D eigenvalue weighted by Crippen LogP contribution is 2.23. The lowest BCUT2D eigenvalue weighted by atomic mass is 10.0. The molecule has 1 aromatic heterocycles. The van der Waals surface area contributed by atoms with Crippen molar-refractivity contribution in [1.82, 2.24) is 9.78 Å². The first-order chi connectivity index (χ1) is 9.55. The molecule has 0 aliphatic heterocycles. The fraction of sp³-hybridized carbons (Fsp3) is 0.438. The number of aryl methyl sites for hydroxylation is 3. The van der Waals surface area contributed by atoms with Gasteiger partial charge in [-0.05, 0) is 44.0 Å². The van der Waals surface area contributed by atoms with E-state index in [9.17, 15) is 0 Å². The second-order valence-corrected chi connectivity index (χ2v) is 5.13. The molecule has 1 aromatic carbocycles. The van der Waals surface area contributed by atoms with E-state index in [0.29, 0.717) is 0 Å². The highest BCUT2D eigenvalue weighted by atomic mass is 16.5. The molecule has 1 atom stereocenters. The number of nitrogens with zero attached hydrogens (tertiary/aromatic N) is 2. The van der Waals surface area contributed by atoms with Crippen molar-refractivity contribution >= 4 is 0 Å². The third-order valence-electron chi connectivity index (χ3n) is 3.56. The van der Waals surface area contributed by atoms with Crippen LogP contribution < -0.4 is 10.5 Å². The molecule has 2 aromatic rings. The SMILES string of the molecule is CCn1nc(C)cc1CC(N)c1ccc(OC)c(C)c1. The molecule has 108 valence electrons. The monoisotopic (exact) mass is 273 g/mol. The van der Waals surface area contributed by atoms with Gasteiger partial charge in [-0.1, -0.05) is 12.1 Å². The predicted molar refractivity (Wildman–Crippen MR) is 81.0 cm³/mol. The normalized spacial score (nSPS) is 12.4. The summed E-state index contributed by atoms with van der Waals surface area (Å²) in [6.07, 6.45) is 0.792. The van der Waals surface area contributed by atoms with Crippen molar-refractivity contribution in [2.24, 2.45) is 5.73 Å². The summed E-state index contributed by atoms with van der Waals surface area (Å²) >= 11 is 0. The lowest BCUT2D eigenvalue weighted by molar-refractivity contribution is 0.411. The number of rotatable bonds is 5. The van der Waals surface area contributed by atoms with E-state index >= 15 is 0 Å². The minimum atomic E-state index is -0.0268. The quantitative estimate of drug-likeness (QED) is 0.911. The van der Waals surface area contributed by atoms with Crippen molar-refractivity contribution in [3.05, 3.63) is 46.8 Å². The molecule has 4 nitrogen and oxygen atoms in total. The van der Waals surface area contributed by atoms with Gasteiger partial charge in [-0.15, -0.1) is 0 Å². The summed E-state index contributed by atoms with van der Waals surface area (Å²) in [5, 5.41) is 4.46. The first kappa shape index (κ1) is 14.6. The van der Waals surface area contributed by atoms with Crippen molar-refractivity contribution in [1.29, 1.82) is 0 Å². The van der Waals surface area contributed by atoms with Crippen molar-refractivity contribution < 1.29 is 4.74 Å². The van der Waals surface area contributed by atoms with Crippen LogP contribution in [0.15, 0.2) is 24.3 Å². The summed E-state index contributed by atoms with van der Waals surface area (Å²) in [7, 11) is 1.69. The minimum Gasteiger partial charge on any atom is -0.496 e. The second-order valence-electron chi connectivity index (χ2n) is 5.13. The Hall–Kier alpha value is -1.81. The lowest BCUT2D eigenvalue weighted by Gasteiger charge is -2.15. The molecule has 2 rings (SSSR count). The summed E-state index contributed by atoms with van der Waals surface area (Å²) in [5.41, 5.74) is 10.8. The van der Waals surface area contributed by atoms with E-state index in [1.54, 1.807) is 7.11 Å². The Morgan fingerprint density at radius 3 is 2.65 bits per heavy atom. The van der Waals surface area contributed by atoms with E-state index < -0.39 is 0 Å². The van der Waals surface area contributed by atoms with Gasteiger partial charge in [-0.25, -0.2) is 0 Å². The summed E-state index contributed by atoms with van der Waals surface area (Å²) < 4.78 is 7.30. The smallest absolute Gasteiger partial charge is 0.121 e. The molecule has 2 N–H and O–H groups in total. The van der Waals surface area contributed by atoms with Gasteiger partial charge in [0.05, 0.1) is 12.8 Å². The number of methoxy groups -OCH3 is 1. The minimum absolute atomic E-state index is 0.0268. The van der Waals surface area contributed by atoms with Gasteiger partial charge < -0.3 is 10.5 Å². The summed E-state index contributed by atoms with van der Waals surface area (Å²) in [6, 6.07) is 8.20. The Balaban J connectivity index is 2.19. The van der Waals surface area contributed by atoms with Crippen LogP contribution in [0.5, 0.6) is 5.75 Å². The maximum absolute atomic E-state index is 6.34. The molecule has 1 unspecified atom stereocenters. The van der Waals surface area contributed by atoms with E-state index in [4.69, 9.17) is 10.5 Å². The fourth-order valence-electron chi connectivity index (χ4n) is 2.51. The molecule has 0 radical (unpaired) electrons. The van der Waals surface area contributed by atoms with E-state index in [1.807, 2.05) is 30.7 Å². The van der Waals surface area contributed by atoms with Crippen molar-refractivity contribution in [2.45, 2.75) is 39.8 Å². The Morgan fingerprint density at radius 2 is 2.05 bits per heavy atom. The first-order valence-electron chi connectivity index (χ1n) is 6.98. The van der Waals surface area contributed by atoms with Crippen molar-refractivity contribution in [2.75, 3.05) is 7.11 Å². The third-order valence-corrected chi connectivity index (χ3v) is 3.56. The molecule has 0 saturated heterocycles. The van der Waals surface area contributed by atoms with E-state index in [-0.39, 0.29) is 6.04 Å². The zero-order valence-electron chi connectivity index (χ0n) is 12.7. The molecule has 0 saturated carbocycles. The molecule has 0 bridgehead atoms. The molecular weight excluding hydrogens is 250 g/mol. The number of aromatic nitrogens is 2. The van der Waals surface area contributed by atoms with E-state index in [2.05, 4.69) is 24.2 Å². The molecule has 1 heterocycles. The van der Waals surface area contributed by atoms with E-state index in [1.165, 1.54) is 5.69 Å². The predicted octanol–water partition coefficient (Wildman–Crippen LogP) is 2.77. The molecule has 0 spiro atoms. The van der Waals surface area contributed by atoms with Crippen LogP contribution in [0, 0.1) is 13.8 Å². The van der Waals surface area contributed by atoms with Crippen LogP contribution in [0.2, 0.25) is 0 Å². The average molecular weight is 273 g/mol. The lowest BCUT2D eigenvalue weighted by Crippen LogP contribution is -2.16. The largest absolute Gasteiger partial charge is 0.496 e. The zero-order chi connectivity index (χ0) is 14.7. The molecule has 0 aliphatic rings. The number of ether oxygens (including phenoxy) is 1. The number of nitrogens with two attached hydrogens (primary N) is 1. The maximum Gasteiger partial charge on any atom is 0.121 e. The van der Waals surface area contributed by atoms with Crippen molar-refractivity contribution in [3.63, 3.8) is 0 Å². The third kappa shape index (κ3) is 3.02. The Kier molecular flexibility index (Phi) is 4.45. The van der Waals surface area contributed by atoms with Crippen LogP contribution in [0.4, 0.5) is 0 Å². The molecular formula is C16H23N3O. The van der Waals surface area contributed by atoms with Crippen LogP contribution in [-0.2, 0) is 13.0 Å². The molecule has 20 heavy (non-hydrogen) atoms. The average Bonchev–Trinajstić information content (AvgIpc) is 2.78. The fourth-order valence-corrected chi connectivity index (χ4v) is 2.51. The molecule has 0 aliphatic carbocycles. The van der Waals surface area contributed by atoms with Gasteiger partial charge in [0.25, 0.3) is 0 Å². The van der Waals surface area contributed by atoms with Crippen LogP contribution in [0.25, 0.3) is 0 Å². The van der Waals surface area contributed by atoms with Gasteiger partial charge in [0, 0.05) is 24.7 Å². The summed E-state index contributed by atoms with van der Waals surface area (Å²) in [5.74, 6) is 0.899. The van der Waals surface area contributed by atoms with Crippen LogP contribution in [-0.4, -0.2) is 16.9 Å². The van der Waals surface area contributed by atoms with Gasteiger partial charge in [-0.3, -0.25) is 4.68 Å². The van der Waals surface area contributed by atoms with Crippen LogP contribution in [0.1, 0.15) is 35.5 Å². The van der Waals surface area contributed by atoms with Gasteiger partial charge in [0.1, 0.15) is 5.75 Å². The van der Waals surface area contributed by atoms with Crippen LogP contribution >= 0.6 is 0 Å². The van der Waals surface area contributed by atoms with Gasteiger partial charge in [0.15, 0.2) is 0 Å². The number of benzene rings is 1. The molecule has 0 amide bonds. The first-order valence-corrected chi connectivity index (χ1v) is 6.98. The van der Waals surface area contributed by atoms with Gasteiger partial charge in [0.2, 0.25) is 0 Å². The molecule has 4 heteroatoms. The Bertz CT molecular complexity index is 589. The standard InChI is InChI=1S/C16H23N3O/c1-5-19-14(9-12(3)18-19)10-15(17)13-6-7-16(20-4)11(2)8-13/h6-9,15H,5,10,17H2,1-4H3. The summed E-state index contributed by atoms with van der Waals surface area (Å²) in [6.45, 7) is 7.02. The molecule has 0 fully saturated rings. The summed E-state index contributed by atoms with van der Waals surface area (Å²) in [4.78, 5) is 0. The number of hydrogen-bond acceptors (Lipinski definition) is 3. The second kappa shape index (κ2) is 6.09. The Morgan fingerprint density at radius 1 is 1.30 bits per heavy atom. The topological polar surface area (TPSA) is 53.1 Å². The van der Waals surface area contributed by atoms with Crippen LogP contribution in [0.3, 0.4) is 0 Å². The highest BCUT2D eigenvalue weighted by molar-refractivity contribution is 5.37. The number of hydrogen-bond donors (Lipinski definition) is 1. The van der Waals surface area contributed by atoms with Crippen molar-refractivity contribution in [3.8, 4) is 5.75 Å². The highest BCUT2D eigenvalue weighted by Gasteiger charge is 2.12.